The van der Waals surface area contributed by atoms with Crippen molar-refractivity contribution in [3.05, 3.63) is 0 Å². The summed E-state index contributed by atoms with van der Waals surface area (Å²) < 4.78 is 0. The zero-order valence-electron chi connectivity index (χ0n) is 10.8. The Labute approximate surface area is 98.8 Å². The third-order valence-electron chi connectivity index (χ3n) is 3.10. The Balaban J connectivity index is 2.26. The van der Waals surface area contributed by atoms with Crippen LogP contribution in [0.4, 0.5) is 0 Å². The Morgan fingerprint density at radius 3 is 2.19 bits per heavy atom. The molecule has 1 rings (SSSR count). The van der Waals surface area contributed by atoms with Crippen molar-refractivity contribution < 1.29 is 4.79 Å². The van der Waals surface area contributed by atoms with Gasteiger partial charge in [-0.3, -0.25) is 9.69 Å². The van der Waals surface area contributed by atoms with Crippen molar-refractivity contribution in [1.82, 2.24) is 9.80 Å². The second-order valence-electron chi connectivity index (χ2n) is 5.14. The monoisotopic (exact) mass is 227 g/mol. The molecule has 0 aliphatic carbocycles. The van der Waals surface area contributed by atoms with Gasteiger partial charge in [0.2, 0.25) is 5.91 Å². The van der Waals surface area contributed by atoms with Gasteiger partial charge in [-0.1, -0.05) is 13.8 Å². The lowest BCUT2D eigenvalue weighted by atomic mass is 10.1. The summed E-state index contributed by atoms with van der Waals surface area (Å²) in [5.41, 5.74) is 5.60. The highest BCUT2D eigenvalue weighted by atomic mass is 16.2. The van der Waals surface area contributed by atoms with Crippen molar-refractivity contribution in [2.45, 2.75) is 33.2 Å². The minimum absolute atomic E-state index is 0.0866. The minimum atomic E-state index is -0.359. The highest BCUT2D eigenvalue weighted by Gasteiger charge is 2.22. The van der Waals surface area contributed by atoms with Crippen LogP contribution in [0, 0.1) is 5.92 Å². The van der Waals surface area contributed by atoms with E-state index in [9.17, 15) is 4.79 Å². The average Bonchev–Trinajstić information content (AvgIpc) is 2.26. The van der Waals surface area contributed by atoms with Crippen LogP contribution in [0.2, 0.25) is 0 Å². The molecule has 4 heteroatoms. The first-order valence-corrected chi connectivity index (χ1v) is 6.27. The fourth-order valence-corrected chi connectivity index (χ4v) is 1.92. The third kappa shape index (κ3) is 4.10. The molecule has 4 nitrogen and oxygen atoms in total. The first kappa shape index (κ1) is 13.5. The van der Waals surface area contributed by atoms with E-state index in [4.69, 9.17) is 5.73 Å². The normalized spacial score (nSPS) is 20.2. The van der Waals surface area contributed by atoms with E-state index in [2.05, 4.69) is 18.7 Å². The fourth-order valence-electron chi connectivity index (χ4n) is 1.92. The molecule has 0 aromatic carbocycles. The molecule has 1 heterocycles. The van der Waals surface area contributed by atoms with E-state index in [0.29, 0.717) is 0 Å². The molecule has 94 valence electrons. The number of amides is 1. The highest BCUT2D eigenvalue weighted by Crippen LogP contribution is 2.07. The van der Waals surface area contributed by atoms with Gasteiger partial charge in [-0.15, -0.1) is 0 Å². The maximum atomic E-state index is 11.7. The molecule has 1 aliphatic rings. The molecule has 0 saturated carbocycles. The molecule has 1 amide bonds. The van der Waals surface area contributed by atoms with E-state index in [0.717, 1.165) is 38.6 Å². The Morgan fingerprint density at radius 2 is 1.75 bits per heavy atom. The Bertz CT molecular complexity index is 220. The Morgan fingerprint density at radius 1 is 1.19 bits per heavy atom. The number of hydrogen-bond donors (Lipinski definition) is 1. The first-order chi connectivity index (χ1) is 7.50. The molecule has 0 unspecified atom stereocenters. The number of nitrogens with two attached hydrogens (primary N) is 1. The molecule has 0 radical (unpaired) electrons. The van der Waals surface area contributed by atoms with Crippen molar-refractivity contribution in [3.63, 3.8) is 0 Å². The van der Waals surface area contributed by atoms with E-state index in [1.54, 1.807) is 6.92 Å². The van der Waals surface area contributed by atoms with Gasteiger partial charge < -0.3 is 10.6 Å². The molecule has 16 heavy (non-hydrogen) atoms. The van der Waals surface area contributed by atoms with Crippen LogP contribution in [-0.2, 0) is 4.79 Å². The molecule has 1 fully saturated rings. The van der Waals surface area contributed by atoms with Crippen LogP contribution in [-0.4, -0.2) is 54.5 Å². The number of hydrogen-bond acceptors (Lipinski definition) is 3. The van der Waals surface area contributed by atoms with Gasteiger partial charge in [-0.25, -0.2) is 0 Å². The van der Waals surface area contributed by atoms with Crippen LogP contribution >= 0.6 is 0 Å². The van der Waals surface area contributed by atoms with Gasteiger partial charge in [0.05, 0.1) is 6.04 Å². The average molecular weight is 227 g/mol. The van der Waals surface area contributed by atoms with Gasteiger partial charge >= 0.3 is 0 Å². The SMILES string of the molecule is CC(C)CCN1CCN(C(=O)[C@H](C)N)CC1. The topological polar surface area (TPSA) is 49.6 Å². The van der Waals surface area contributed by atoms with Gasteiger partial charge in [0, 0.05) is 26.2 Å². The molecule has 2 N–H and O–H groups in total. The number of piperazine rings is 1. The van der Waals surface area contributed by atoms with Crippen molar-refractivity contribution in [2.75, 3.05) is 32.7 Å². The fraction of sp³-hybridized carbons (Fsp3) is 0.917. The van der Waals surface area contributed by atoms with Crippen molar-refractivity contribution in [1.29, 1.82) is 0 Å². The smallest absolute Gasteiger partial charge is 0.239 e. The lowest BCUT2D eigenvalue weighted by molar-refractivity contribution is -0.133. The molecule has 0 aromatic rings. The molecule has 1 aliphatic heterocycles. The zero-order valence-corrected chi connectivity index (χ0v) is 10.8. The Hall–Kier alpha value is -0.610. The quantitative estimate of drug-likeness (QED) is 0.762. The summed E-state index contributed by atoms with van der Waals surface area (Å²) in [4.78, 5) is 16.0. The summed E-state index contributed by atoms with van der Waals surface area (Å²) in [5.74, 6) is 0.840. The second-order valence-corrected chi connectivity index (χ2v) is 5.14. The molecule has 0 spiro atoms. The number of rotatable bonds is 4. The predicted molar refractivity (Wildman–Crippen MR) is 66.1 cm³/mol. The van der Waals surface area contributed by atoms with Crippen LogP contribution in [0.5, 0.6) is 0 Å². The zero-order chi connectivity index (χ0) is 12.1. The van der Waals surface area contributed by atoms with Crippen LogP contribution < -0.4 is 5.73 Å². The lowest BCUT2D eigenvalue weighted by Crippen LogP contribution is -2.52. The van der Waals surface area contributed by atoms with E-state index < -0.39 is 0 Å². The molecular weight excluding hydrogens is 202 g/mol. The van der Waals surface area contributed by atoms with Gasteiger partial charge in [-0.05, 0) is 25.8 Å². The van der Waals surface area contributed by atoms with E-state index in [1.807, 2.05) is 4.90 Å². The van der Waals surface area contributed by atoms with Gasteiger partial charge in [0.25, 0.3) is 0 Å². The van der Waals surface area contributed by atoms with Crippen molar-refractivity contribution >= 4 is 5.91 Å². The van der Waals surface area contributed by atoms with Crippen molar-refractivity contribution in [3.8, 4) is 0 Å². The standard InChI is InChI=1S/C12H25N3O/c1-10(2)4-5-14-6-8-15(9-7-14)12(16)11(3)13/h10-11H,4-9,13H2,1-3H3/t11-/m0/s1. The minimum Gasteiger partial charge on any atom is -0.339 e. The van der Waals surface area contributed by atoms with Crippen LogP contribution in [0.3, 0.4) is 0 Å². The lowest BCUT2D eigenvalue weighted by Gasteiger charge is -2.35. The van der Waals surface area contributed by atoms with Crippen LogP contribution in [0.15, 0.2) is 0 Å². The molecular formula is C12H25N3O. The van der Waals surface area contributed by atoms with E-state index in [-0.39, 0.29) is 11.9 Å². The van der Waals surface area contributed by atoms with Gasteiger partial charge in [0.1, 0.15) is 0 Å². The molecule has 0 aromatic heterocycles. The third-order valence-corrected chi connectivity index (χ3v) is 3.10. The van der Waals surface area contributed by atoms with Crippen molar-refractivity contribution in [2.24, 2.45) is 11.7 Å². The van der Waals surface area contributed by atoms with Gasteiger partial charge in [0.15, 0.2) is 0 Å². The van der Waals surface area contributed by atoms with E-state index in [1.165, 1.54) is 6.42 Å². The Kier molecular flexibility index (Phi) is 5.22. The summed E-state index contributed by atoms with van der Waals surface area (Å²) >= 11 is 0. The maximum Gasteiger partial charge on any atom is 0.239 e. The summed E-state index contributed by atoms with van der Waals surface area (Å²) in [6.45, 7) is 11.0. The molecule has 0 bridgehead atoms. The number of carbonyl (C=O) groups is 1. The maximum absolute atomic E-state index is 11.7. The first-order valence-electron chi connectivity index (χ1n) is 6.27. The summed E-state index contributed by atoms with van der Waals surface area (Å²) in [5, 5.41) is 0. The largest absolute Gasteiger partial charge is 0.339 e. The van der Waals surface area contributed by atoms with Crippen LogP contribution in [0.25, 0.3) is 0 Å². The van der Waals surface area contributed by atoms with Crippen LogP contribution in [0.1, 0.15) is 27.2 Å². The van der Waals surface area contributed by atoms with E-state index >= 15 is 0 Å². The summed E-state index contributed by atoms with van der Waals surface area (Å²) in [6, 6.07) is -0.359. The summed E-state index contributed by atoms with van der Waals surface area (Å²) in [7, 11) is 0. The second kappa shape index (κ2) is 6.21. The summed E-state index contributed by atoms with van der Waals surface area (Å²) in [6.07, 6.45) is 1.24. The highest BCUT2D eigenvalue weighted by molar-refractivity contribution is 5.81. The predicted octanol–water partition coefficient (Wildman–Crippen LogP) is 0.524. The number of carbonyl (C=O) groups excluding carboxylic acids is 1. The van der Waals surface area contributed by atoms with Gasteiger partial charge in [-0.2, -0.15) is 0 Å². The molecule has 1 atom stereocenters. The number of nitrogens with zero attached hydrogens (tertiary/aromatic N) is 2. The molecule has 1 saturated heterocycles.